The zero-order valence-electron chi connectivity index (χ0n) is 15.6. The van der Waals surface area contributed by atoms with Crippen molar-refractivity contribution in [2.24, 2.45) is 0 Å². The Morgan fingerprint density at radius 3 is 1.16 bits per heavy atom. The van der Waals surface area contributed by atoms with Crippen LogP contribution in [0.1, 0.15) is 73.6 Å². The molecule has 10 heteroatoms. The average molecular weight is 401 g/mol. The van der Waals surface area contributed by atoms with Gasteiger partial charge in [-0.3, -0.25) is 9.59 Å². The standard InChI is InChI=1S/C15H28O8S2/c1-14(2,3)24(18,19)22-12(16)10-8-7-9-11-13(17)23-25(20,21)15(4,5)6/h7-11H2,1-6H3. The summed E-state index contributed by atoms with van der Waals surface area (Å²) in [6, 6.07) is 0. The molecule has 0 heterocycles. The number of carbonyl (C=O) groups excluding carboxylic acids is 2. The number of rotatable bonds is 8. The Kier molecular flexibility index (Phi) is 8.09. The molecule has 0 saturated carbocycles. The van der Waals surface area contributed by atoms with E-state index in [0.717, 1.165) is 0 Å². The Labute approximate surface area is 150 Å². The summed E-state index contributed by atoms with van der Waals surface area (Å²) in [5.74, 6) is -1.71. The molecule has 0 aromatic carbocycles. The van der Waals surface area contributed by atoms with Gasteiger partial charge in [0.15, 0.2) is 0 Å². The lowest BCUT2D eigenvalue weighted by Crippen LogP contribution is -2.31. The summed E-state index contributed by atoms with van der Waals surface area (Å²) in [6.45, 7) is 8.54. The highest BCUT2D eigenvalue weighted by Crippen LogP contribution is 2.19. The van der Waals surface area contributed by atoms with Crippen LogP contribution in [-0.2, 0) is 38.2 Å². The smallest absolute Gasteiger partial charge is 0.322 e. The fraction of sp³-hybridized carbons (Fsp3) is 0.867. The van der Waals surface area contributed by atoms with Gasteiger partial charge in [0.2, 0.25) is 0 Å². The second-order valence-electron chi connectivity index (χ2n) is 7.60. The fourth-order valence-corrected chi connectivity index (χ4v) is 2.45. The van der Waals surface area contributed by atoms with Gasteiger partial charge in [0.05, 0.1) is 9.49 Å². The number of hydrogen-bond acceptors (Lipinski definition) is 8. The van der Waals surface area contributed by atoms with Crippen LogP contribution in [0, 0.1) is 0 Å². The van der Waals surface area contributed by atoms with Crippen molar-refractivity contribution in [2.45, 2.75) is 83.1 Å². The van der Waals surface area contributed by atoms with Gasteiger partial charge in [-0.2, -0.15) is 16.8 Å². The predicted octanol–water partition coefficient (Wildman–Crippen LogP) is 2.28. The van der Waals surface area contributed by atoms with Gasteiger partial charge in [0, 0.05) is 12.8 Å². The minimum Gasteiger partial charge on any atom is -0.345 e. The van der Waals surface area contributed by atoms with Crippen LogP contribution in [0.5, 0.6) is 0 Å². The molecule has 0 aromatic rings. The Hall–Kier alpha value is -1.16. The van der Waals surface area contributed by atoms with Gasteiger partial charge in [-0.25, -0.2) is 0 Å². The van der Waals surface area contributed by atoms with E-state index >= 15 is 0 Å². The third-order valence-corrected chi connectivity index (χ3v) is 6.98. The van der Waals surface area contributed by atoms with Crippen molar-refractivity contribution < 1.29 is 34.8 Å². The molecule has 0 amide bonds. The van der Waals surface area contributed by atoms with Gasteiger partial charge >= 0.3 is 32.2 Å². The van der Waals surface area contributed by atoms with E-state index in [-0.39, 0.29) is 12.8 Å². The van der Waals surface area contributed by atoms with Crippen LogP contribution in [0.15, 0.2) is 0 Å². The monoisotopic (exact) mass is 400 g/mol. The molecule has 25 heavy (non-hydrogen) atoms. The maximum Gasteiger partial charge on any atom is 0.322 e. The van der Waals surface area contributed by atoms with E-state index in [1.807, 2.05) is 0 Å². The highest BCUT2D eigenvalue weighted by atomic mass is 32.2. The number of carbonyl (C=O) groups is 2. The molecule has 148 valence electrons. The number of hydrogen-bond donors (Lipinski definition) is 0. The fourth-order valence-electron chi connectivity index (χ4n) is 1.29. The summed E-state index contributed by atoms with van der Waals surface area (Å²) >= 11 is 0. The zero-order chi connectivity index (χ0) is 20.1. The van der Waals surface area contributed by atoms with E-state index in [1.54, 1.807) is 0 Å². The van der Waals surface area contributed by atoms with Gasteiger partial charge in [-0.15, -0.1) is 0 Å². The van der Waals surface area contributed by atoms with E-state index in [2.05, 4.69) is 8.37 Å². The molecule has 0 radical (unpaired) electrons. The van der Waals surface area contributed by atoms with Gasteiger partial charge in [-0.1, -0.05) is 6.42 Å². The van der Waals surface area contributed by atoms with Gasteiger partial charge < -0.3 is 8.37 Å². The van der Waals surface area contributed by atoms with Crippen molar-refractivity contribution in [3.05, 3.63) is 0 Å². The molecule has 0 aromatic heterocycles. The minimum absolute atomic E-state index is 0.107. The van der Waals surface area contributed by atoms with Crippen LogP contribution in [0.25, 0.3) is 0 Å². The Morgan fingerprint density at radius 1 is 0.640 bits per heavy atom. The first-order valence-electron chi connectivity index (χ1n) is 7.93. The largest absolute Gasteiger partial charge is 0.345 e. The summed E-state index contributed by atoms with van der Waals surface area (Å²) in [5, 5.41) is 0. The molecule has 0 fully saturated rings. The van der Waals surface area contributed by atoms with Crippen LogP contribution in [0.3, 0.4) is 0 Å². The van der Waals surface area contributed by atoms with Crippen molar-refractivity contribution in [2.75, 3.05) is 0 Å². The molecule has 0 rings (SSSR count). The van der Waals surface area contributed by atoms with Gasteiger partial charge in [0.25, 0.3) is 0 Å². The summed E-state index contributed by atoms with van der Waals surface area (Å²) < 4.78 is 53.4. The van der Waals surface area contributed by atoms with Crippen molar-refractivity contribution in [1.82, 2.24) is 0 Å². The molecule has 0 atom stereocenters. The van der Waals surface area contributed by atoms with Crippen LogP contribution >= 0.6 is 0 Å². The lowest BCUT2D eigenvalue weighted by molar-refractivity contribution is -0.134. The Bertz CT molecular complexity index is 616. The summed E-state index contributed by atoms with van der Waals surface area (Å²) in [6.07, 6.45) is 0.847. The SMILES string of the molecule is CC(C)(C)S(=O)(=O)OC(=O)CCCCCC(=O)OS(=O)(=O)C(C)(C)C. The van der Waals surface area contributed by atoms with E-state index in [1.165, 1.54) is 41.5 Å². The second-order valence-corrected chi connectivity index (χ2v) is 12.2. The predicted molar refractivity (Wildman–Crippen MR) is 92.6 cm³/mol. The topological polar surface area (TPSA) is 121 Å². The third kappa shape index (κ3) is 8.17. The molecule has 0 saturated heterocycles. The number of unbranched alkanes of at least 4 members (excludes halogenated alkanes) is 2. The lowest BCUT2D eigenvalue weighted by Gasteiger charge is -2.18. The molecule has 0 bridgehead atoms. The van der Waals surface area contributed by atoms with E-state index in [9.17, 15) is 26.4 Å². The maximum atomic E-state index is 11.7. The first-order chi connectivity index (χ1) is 11.0. The Morgan fingerprint density at radius 2 is 0.920 bits per heavy atom. The molecule has 0 unspecified atom stereocenters. The first kappa shape index (κ1) is 23.8. The normalized spacial score (nSPS) is 13.4. The molecular formula is C15H28O8S2. The van der Waals surface area contributed by atoms with E-state index < -0.39 is 41.7 Å². The van der Waals surface area contributed by atoms with E-state index in [4.69, 9.17) is 0 Å². The van der Waals surface area contributed by atoms with Gasteiger partial charge in [0.1, 0.15) is 0 Å². The minimum atomic E-state index is -3.98. The molecule has 0 spiro atoms. The quantitative estimate of drug-likeness (QED) is 0.449. The van der Waals surface area contributed by atoms with Crippen molar-refractivity contribution >= 4 is 32.2 Å². The molecule has 0 aliphatic rings. The highest BCUT2D eigenvalue weighted by molar-refractivity contribution is 7.88. The van der Waals surface area contributed by atoms with Crippen LogP contribution in [-0.4, -0.2) is 38.3 Å². The zero-order valence-corrected chi connectivity index (χ0v) is 17.3. The summed E-state index contributed by atoms with van der Waals surface area (Å²) in [7, 11) is -7.96. The lowest BCUT2D eigenvalue weighted by atomic mass is 10.1. The maximum absolute atomic E-state index is 11.7. The van der Waals surface area contributed by atoms with Crippen LogP contribution in [0.2, 0.25) is 0 Å². The Balaban J connectivity index is 4.16. The molecule has 0 aliphatic heterocycles. The van der Waals surface area contributed by atoms with Crippen molar-refractivity contribution in [1.29, 1.82) is 0 Å². The second kappa shape index (κ2) is 8.48. The van der Waals surface area contributed by atoms with E-state index in [0.29, 0.717) is 19.3 Å². The van der Waals surface area contributed by atoms with Crippen molar-refractivity contribution in [3.8, 4) is 0 Å². The van der Waals surface area contributed by atoms with Crippen molar-refractivity contribution in [3.63, 3.8) is 0 Å². The molecular weight excluding hydrogens is 372 g/mol. The first-order valence-corrected chi connectivity index (χ1v) is 10.7. The van der Waals surface area contributed by atoms with Crippen LogP contribution < -0.4 is 0 Å². The average Bonchev–Trinajstić information content (AvgIpc) is 2.34. The summed E-state index contributed by atoms with van der Waals surface area (Å²) in [5.41, 5.74) is 0. The van der Waals surface area contributed by atoms with Gasteiger partial charge in [-0.05, 0) is 54.4 Å². The summed E-state index contributed by atoms with van der Waals surface area (Å²) in [4.78, 5) is 23.1. The highest BCUT2D eigenvalue weighted by Gasteiger charge is 2.33. The third-order valence-electron chi connectivity index (χ3n) is 3.17. The molecule has 0 N–H and O–H groups in total. The molecule has 0 aliphatic carbocycles. The van der Waals surface area contributed by atoms with Crippen LogP contribution in [0.4, 0.5) is 0 Å². The molecule has 8 nitrogen and oxygen atoms in total.